The van der Waals surface area contributed by atoms with E-state index in [9.17, 15) is 4.79 Å². The Morgan fingerprint density at radius 1 is 1.29 bits per heavy atom. The molecule has 0 aliphatic heterocycles. The van der Waals surface area contributed by atoms with Crippen LogP contribution >= 0.6 is 15.9 Å². The second-order valence-corrected chi connectivity index (χ2v) is 4.93. The van der Waals surface area contributed by atoms with Gasteiger partial charge >= 0.3 is 0 Å². The van der Waals surface area contributed by atoms with Gasteiger partial charge in [-0.3, -0.25) is 4.79 Å². The van der Waals surface area contributed by atoms with Crippen LogP contribution in [0.1, 0.15) is 11.1 Å². The Balaban J connectivity index is 2.36. The summed E-state index contributed by atoms with van der Waals surface area (Å²) in [6, 6.07) is 9.36. The molecule has 0 bridgehead atoms. The van der Waals surface area contributed by atoms with E-state index in [-0.39, 0.29) is 5.56 Å². The lowest BCUT2D eigenvalue weighted by atomic mass is 10.2. The maximum absolute atomic E-state index is 11.9. The molecule has 1 aromatic carbocycles. The van der Waals surface area contributed by atoms with Crippen LogP contribution in [0, 0.1) is 6.92 Å². The molecule has 0 spiro atoms. The molecule has 3 nitrogen and oxygen atoms in total. The third kappa shape index (κ3) is 2.77. The number of rotatable bonds is 2. The molecule has 2 N–H and O–H groups in total. The highest BCUT2D eigenvalue weighted by molar-refractivity contribution is 9.10. The first-order chi connectivity index (χ1) is 8.06. The molecule has 2 aromatic rings. The van der Waals surface area contributed by atoms with Crippen molar-refractivity contribution in [2.24, 2.45) is 0 Å². The van der Waals surface area contributed by atoms with E-state index in [1.54, 1.807) is 10.8 Å². The van der Waals surface area contributed by atoms with Crippen molar-refractivity contribution in [2.45, 2.75) is 13.5 Å². The molecule has 17 heavy (non-hydrogen) atoms. The molecule has 0 unspecified atom stereocenters. The van der Waals surface area contributed by atoms with Crippen molar-refractivity contribution in [1.29, 1.82) is 0 Å². The van der Waals surface area contributed by atoms with Crippen LogP contribution in [0.25, 0.3) is 0 Å². The first kappa shape index (κ1) is 11.9. The Morgan fingerprint density at radius 3 is 2.59 bits per heavy atom. The van der Waals surface area contributed by atoms with Crippen LogP contribution in [0.15, 0.2) is 45.8 Å². The van der Waals surface area contributed by atoms with Crippen LogP contribution in [0.3, 0.4) is 0 Å². The van der Waals surface area contributed by atoms with Crippen molar-refractivity contribution in [2.75, 3.05) is 5.73 Å². The van der Waals surface area contributed by atoms with Crippen molar-refractivity contribution < 1.29 is 0 Å². The van der Waals surface area contributed by atoms with Crippen LogP contribution in [0.2, 0.25) is 0 Å². The minimum Gasteiger partial charge on any atom is -0.399 e. The fourth-order valence-corrected chi connectivity index (χ4v) is 2.27. The van der Waals surface area contributed by atoms with Crippen molar-refractivity contribution >= 4 is 21.6 Å². The van der Waals surface area contributed by atoms with E-state index in [0.717, 1.165) is 21.3 Å². The van der Waals surface area contributed by atoms with Gasteiger partial charge in [-0.2, -0.15) is 0 Å². The molecule has 88 valence electrons. The fraction of sp³-hybridized carbons (Fsp3) is 0.154. The maximum atomic E-state index is 11.9. The van der Waals surface area contributed by atoms with E-state index in [0.29, 0.717) is 6.54 Å². The summed E-state index contributed by atoms with van der Waals surface area (Å²) in [5.74, 6) is 0. The van der Waals surface area contributed by atoms with Gasteiger partial charge in [0.25, 0.3) is 5.56 Å². The molecule has 4 heteroatoms. The van der Waals surface area contributed by atoms with E-state index in [4.69, 9.17) is 5.73 Å². The first-order valence-corrected chi connectivity index (χ1v) is 6.06. The monoisotopic (exact) mass is 292 g/mol. The van der Waals surface area contributed by atoms with Gasteiger partial charge < -0.3 is 10.3 Å². The minimum atomic E-state index is 0.0324. The van der Waals surface area contributed by atoms with E-state index in [2.05, 4.69) is 15.9 Å². The highest BCUT2D eigenvalue weighted by atomic mass is 79.9. The van der Waals surface area contributed by atoms with Crippen LogP contribution in [-0.2, 0) is 6.54 Å². The van der Waals surface area contributed by atoms with E-state index < -0.39 is 0 Å². The number of benzene rings is 1. The second kappa shape index (κ2) is 4.75. The second-order valence-electron chi connectivity index (χ2n) is 4.02. The van der Waals surface area contributed by atoms with Crippen molar-refractivity contribution in [3.63, 3.8) is 0 Å². The largest absolute Gasteiger partial charge is 0.399 e. The van der Waals surface area contributed by atoms with E-state index in [1.165, 1.54) is 0 Å². The molecule has 0 saturated heterocycles. The summed E-state index contributed by atoms with van der Waals surface area (Å²) >= 11 is 3.39. The SMILES string of the molecule is Cc1cc(Br)cn(Cc2ccc(N)cc2)c1=O. The summed E-state index contributed by atoms with van der Waals surface area (Å²) in [6.45, 7) is 2.37. The van der Waals surface area contributed by atoms with E-state index in [1.807, 2.05) is 37.3 Å². The zero-order valence-electron chi connectivity index (χ0n) is 9.48. The number of pyridine rings is 1. The molecule has 0 atom stereocenters. The standard InChI is InChI=1S/C13H13BrN2O/c1-9-6-11(14)8-16(13(9)17)7-10-2-4-12(15)5-3-10/h2-6,8H,7,15H2,1H3. The van der Waals surface area contributed by atoms with Crippen LogP contribution in [0.4, 0.5) is 5.69 Å². The molecule has 1 heterocycles. The maximum Gasteiger partial charge on any atom is 0.253 e. The third-order valence-corrected chi connectivity index (χ3v) is 3.00. The fourth-order valence-electron chi connectivity index (χ4n) is 1.68. The molecular formula is C13H13BrN2O. The lowest BCUT2D eigenvalue weighted by Crippen LogP contribution is -2.22. The van der Waals surface area contributed by atoms with Crippen molar-refractivity contribution in [1.82, 2.24) is 4.57 Å². The number of anilines is 1. The molecule has 0 amide bonds. The van der Waals surface area contributed by atoms with Gasteiger partial charge in [0.05, 0.1) is 6.54 Å². The highest BCUT2D eigenvalue weighted by Crippen LogP contribution is 2.11. The average Bonchev–Trinajstić information content (AvgIpc) is 2.28. The molecule has 0 aliphatic rings. The summed E-state index contributed by atoms with van der Waals surface area (Å²) in [4.78, 5) is 11.9. The zero-order chi connectivity index (χ0) is 12.4. The van der Waals surface area contributed by atoms with Gasteiger partial charge in [0, 0.05) is 21.9 Å². The number of hydrogen-bond donors (Lipinski definition) is 1. The van der Waals surface area contributed by atoms with Gasteiger partial charge in [0.1, 0.15) is 0 Å². The summed E-state index contributed by atoms with van der Waals surface area (Å²) in [5.41, 5.74) is 8.17. The number of halogens is 1. The molecule has 0 aliphatic carbocycles. The number of nitrogens with two attached hydrogens (primary N) is 1. The molecule has 0 saturated carbocycles. The van der Waals surface area contributed by atoms with Gasteiger partial charge in [0.15, 0.2) is 0 Å². The third-order valence-electron chi connectivity index (χ3n) is 2.56. The number of aromatic nitrogens is 1. The Bertz CT molecular complexity index is 587. The van der Waals surface area contributed by atoms with Crippen LogP contribution in [0.5, 0.6) is 0 Å². The predicted molar refractivity (Wildman–Crippen MR) is 73.1 cm³/mol. The summed E-state index contributed by atoms with van der Waals surface area (Å²) < 4.78 is 2.59. The Hall–Kier alpha value is -1.55. The average molecular weight is 293 g/mol. The van der Waals surface area contributed by atoms with Crippen molar-refractivity contribution in [3.8, 4) is 0 Å². The van der Waals surface area contributed by atoms with Gasteiger partial charge in [-0.05, 0) is 46.6 Å². The Kier molecular flexibility index (Phi) is 3.33. The van der Waals surface area contributed by atoms with Gasteiger partial charge in [-0.1, -0.05) is 12.1 Å². The number of hydrogen-bond acceptors (Lipinski definition) is 2. The summed E-state index contributed by atoms with van der Waals surface area (Å²) in [6.07, 6.45) is 1.80. The van der Waals surface area contributed by atoms with Crippen molar-refractivity contribution in [3.05, 3.63) is 62.5 Å². The highest BCUT2D eigenvalue weighted by Gasteiger charge is 2.02. The first-order valence-electron chi connectivity index (χ1n) is 5.27. The number of aryl methyl sites for hydroxylation is 1. The predicted octanol–water partition coefficient (Wildman–Crippen LogP) is 2.55. The summed E-state index contributed by atoms with van der Waals surface area (Å²) in [7, 11) is 0. The smallest absolute Gasteiger partial charge is 0.253 e. The van der Waals surface area contributed by atoms with Gasteiger partial charge in [0.2, 0.25) is 0 Å². The number of nitrogens with zero attached hydrogens (tertiary/aromatic N) is 1. The Morgan fingerprint density at radius 2 is 1.94 bits per heavy atom. The Labute approximate surface area is 108 Å². The summed E-state index contributed by atoms with van der Waals surface area (Å²) in [5, 5.41) is 0. The van der Waals surface area contributed by atoms with E-state index >= 15 is 0 Å². The quantitative estimate of drug-likeness (QED) is 0.865. The number of nitrogen functional groups attached to an aromatic ring is 1. The lowest BCUT2D eigenvalue weighted by Gasteiger charge is -2.08. The van der Waals surface area contributed by atoms with Crippen LogP contribution < -0.4 is 11.3 Å². The molecule has 2 rings (SSSR count). The molecule has 0 fully saturated rings. The van der Waals surface area contributed by atoms with Gasteiger partial charge in [-0.15, -0.1) is 0 Å². The minimum absolute atomic E-state index is 0.0324. The van der Waals surface area contributed by atoms with Gasteiger partial charge in [-0.25, -0.2) is 0 Å². The topological polar surface area (TPSA) is 48.0 Å². The lowest BCUT2D eigenvalue weighted by molar-refractivity contribution is 0.749. The zero-order valence-corrected chi connectivity index (χ0v) is 11.1. The molecule has 1 aromatic heterocycles. The molecular weight excluding hydrogens is 280 g/mol. The molecule has 0 radical (unpaired) electrons. The van der Waals surface area contributed by atoms with Crippen LogP contribution in [-0.4, -0.2) is 4.57 Å². The normalized spacial score (nSPS) is 10.5.